The van der Waals surface area contributed by atoms with Crippen molar-refractivity contribution in [1.29, 1.82) is 0 Å². The summed E-state index contributed by atoms with van der Waals surface area (Å²) in [5.74, 6) is -2.78. The van der Waals surface area contributed by atoms with Crippen LogP contribution >= 0.6 is 0 Å². The molecular weight excluding hydrogens is 418 g/mol. The summed E-state index contributed by atoms with van der Waals surface area (Å²) in [7, 11) is 0. The lowest BCUT2D eigenvalue weighted by Gasteiger charge is -2.30. The van der Waals surface area contributed by atoms with Crippen molar-refractivity contribution >= 4 is 5.97 Å². The fourth-order valence-electron chi connectivity index (χ4n) is 1.36. The van der Waals surface area contributed by atoms with E-state index in [9.17, 15) is 66.3 Å². The topological polar surface area (TPSA) is 26.3 Å². The monoisotopic (exact) mass is 424 g/mol. The number of alkyl halides is 14. The molecule has 16 heteroatoms. The minimum atomic E-state index is -6.70. The molecule has 0 saturated carbocycles. The standard InChI is InChI=1S/C10H6F14O2/c11-5(7(13,14)15,8(16,17)18)1-2-26-4(25)3-6(12,9(19,20)21)10(22,23)24/h1-3H2. The van der Waals surface area contributed by atoms with E-state index in [0.29, 0.717) is 0 Å². The molecule has 0 aliphatic heterocycles. The Balaban J connectivity index is 5.17. The molecule has 26 heavy (non-hydrogen) atoms. The third-order valence-corrected chi connectivity index (χ3v) is 2.89. The van der Waals surface area contributed by atoms with Gasteiger partial charge in [0.1, 0.15) is 0 Å². The van der Waals surface area contributed by atoms with Crippen LogP contribution in [0.4, 0.5) is 61.5 Å². The highest BCUT2D eigenvalue weighted by Crippen LogP contribution is 2.49. The molecule has 0 radical (unpaired) electrons. The highest BCUT2D eigenvalue weighted by molar-refractivity contribution is 5.71. The summed E-state index contributed by atoms with van der Waals surface area (Å²) in [5.41, 5.74) is -12.1. The predicted octanol–water partition coefficient (Wildman–Crippen LogP) is 4.98. The van der Waals surface area contributed by atoms with Crippen LogP contribution in [0.2, 0.25) is 0 Å². The summed E-state index contributed by atoms with van der Waals surface area (Å²) >= 11 is 0. The first-order chi connectivity index (χ1) is 11.1. The first kappa shape index (κ1) is 24.5. The zero-order chi connectivity index (χ0) is 21.4. The Morgan fingerprint density at radius 1 is 0.577 bits per heavy atom. The third-order valence-electron chi connectivity index (χ3n) is 2.89. The number of halogens is 14. The van der Waals surface area contributed by atoms with Crippen molar-refractivity contribution in [2.24, 2.45) is 0 Å². The van der Waals surface area contributed by atoms with Crippen LogP contribution in [0.3, 0.4) is 0 Å². The predicted molar refractivity (Wildman–Crippen MR) is 52.1 cm³/mol. The van der Waals surface area contributed by atoms with Crippen molar-refractivity contribution in [2.45, 2.75) is 48.9 Å². The zero-order valence-electron chi connectivity index (χ0n) is 11.7. The third kappa shape index (κ3) is 4.81. The number of carbonyl (C=O) groups is 1. The molecule has 0 bridgehead atoms. The lowest BCUT2D eigenvalue weighted by atomic mass is 10.00. The van der Waals surface area contributed by atoms with Crippen molar-refractivity contribution < 1.29 is 71.0 Å². The van der Waals surface area contributed by atoms with Crippen molar-refractivity contribution in [2.75, 3.05) is 6.61 Å². The van der Waals surface area contributed by atoms with E-state index in [1.807, 2.05) is 0 Å². The van der Waals surface area contributed by atoms with Crippen LogP contribution in [0.1, 0.15) is 12.8 Å². The van der Waals surface area contributed by atoms with Gasteiger partial charge < -0.3 is 4.74 Å². The molecule has 0 aromatic carbocycles. The molecule has 0 unspecified atom stereocenters. The minimum Gasteiger partial charge on any atom is -0.465 e. The average Bonchev–Trinajstić information content (AvgIpc) is 2.32. The highest BCUT2D eigenvalue weighted by atomic mass is 19.4. The van der Waals surface area contributed by atoms with Crippen LogP contribution in [0.25, 0.3) is 0 Å². The fraction of sp³-hybridized carbons (Fsp3) is 0.900. The normalized spacial score (nSPS) is 15.2. The molecule has 0 amide bonds. The molecule has 0 N–H and O–H groups in total. The van der Waals surface area contributed by atoms with Gasteiger partial charge in [-0.2, -0.15) is 52.7 Å². The molecule has 0 fully saturated rings. The lowest BCUT2D eigenvalue weighted by Crippen LogP contribution is -2.55. The number of hydrogen-bond acceptors (Lipinski definition) is 2. The summed E-state index contributed by atoms with van der Waals surface area (Å²) in [6.45, 7) is -2.22. The molecule has 0 aromatic rings. The largest absolute Gasteiger partial charge is 0.465 e. The van der Waals surface area contributed by atoms with E-state index in [4.69, 9.17) is 0 Å². The van der Waals surface area contributed by atoms with Crippen LogP contribution in [0.5, 0.6) is 0 Å². The van der Waals surface area contributed by atoms with E-state index in [0.717, 1.165) is 0 Å². The maximum Gasteiger partial charge on any atom is 0.432 e. The van der Waals surface area contributed by atoms with E-state index < -0.39 is 61.5 Å². The molecule has 0 heterocycles. The molecule has 0 saturated heterocycles. The van der Waals surface area contributed by atoms with Gasteiger partial charge in [0.2, 0.25) is 0 Å². The Hall–Kier alpha value is -1.51. The van der Waals surface area contributed by atoms with Gasteiger partial charge in [0.15, 0.2) is 0 Å². The minimum absolute atomic E-state index is 2.22. The summed E-state index contributed by atoms with van der Waals surface area (Å²) in [4.78, 5) is 10.8. The van der Waals surface area contributed by atoms with Crippen LogP contribution in [-0.4, -0.2) is 48.6 Å². The first-order valence-corrected chi connectivity index (χ1v) is 5.90. The van der Waals surface area contributed by atoms with Crippen molar-refractivity contribution in [1.82, 2.24) is 0 Å². The molecule has 156 valence electrons. The van der Waals surface area contributed by atoms with Gasteiger partial charge in [-0.05, 0) is 0 Å². The Labute approximate surface area is 134 Å². The molecule has 0 aromatic heterocycles. The van der Waals surface area contributed by atoms with Gasteiger partial charge in [-0.25, -0.2) is 8.78 Å². The second-order valence-electron chi connectivity index (χ2n) is 4.74. The summed E-state index contributed by atoms with van der Waals surface area (Å²) in [6, 6.07) is 0. The summed E-state index contributed by atoms with van der Waals surface area (Å²) in [6.07, 6.45) is -32.4. The Morgan fingerprint density at radius 3 is 1.15 bits per heavy atom. The average molecular weight is 424 g/mol. The smallest absolute Gasteiger partial charge is 0.432 e. The van der Waals surface area contributed by atoms with E-state index in [-0.39, 0.29) is 0 Å². The zero-order valence-corrected chi connectivity index (χ0v) is 11.7. The fourth-order valence-corrected chi connectivity index (χ4v) is 1.36. The number of ether oxygens (including phenoxy) is 1. The quantitative estimate of drug-likeness (QED) is 0.460. The van der Waals surface area contributed by atoms with Crippen molar-refractivity contribution in [3.05, 3.63) is 0 Å². The molecule has 0 spiro atoms. The molecule has 0 rings (SSSR count). The van der Waals surface area contributed by atoms with E-state index in [2.05, 4.69) is 4.74 Å². The first-order valence-electron chi connectivity index (χ1n) is 5.90. The molecule has 2 nitrogen and oxygen atoms in total. The van der Waals surface area contributed by atoms with Crippen molar-refractivity contribution in [3.8, 4) is 0 Å². The van der Waals surface area contributed by atoms with Crippen LogP contribution in [0, 0.1) is 0 Å². The Morgan fingerprint density at radius 2 is 0.885 bits per heavy atom. The number of carbonyl (C=O) groups excluding carboxylic acids is 1. The highest BCUT2D eigenvalue weighted by Gasteiger charge is 2.74. The molecule has 0 atom stereocenters. The van der Waals surface area contributed by atoms with Gasteiger partial charge in [-0.15, -0.1) is 0 Å². The molecule has 0 aliphatic rings. The van der Waals surface area contributed by atoms with E-state index in [1.54, 1.807) is 0 Å². The Bertz CT molecular complexity index is 468. The number of esters is 1. The van der Waals surface area contributed by atoms with E-state index >= 15 is 0 Å². The maximum atomic E-state index is 13.1. The van der Waals surface area contributed by atoms with Gasteiger partial charge in [-0.1, -0.05) is 0 Å². The lowest BCUT2D eigenvalue weighted by molar-refractivity contribution is -0.345. The maximum absolute atomic E-state index is 13.1. The van der Waals surface area contributed by atoms with Gasteiger partial charge >= 0.3 is 42.0 Å². The van der Waals surface area contributed by atoms with Gasteiger partial charge in [-0.3, -0.25) is 4.79 Å². The Kier molecular flexibility index (Phi) is 6.50. The van der Waals surface area contributed by atoms with Gasteiger partial charge in [0.05, 0.1) is 13.0 Å². The van der Waals surface area contributed by atoms with Crippen LogP contribution in [-0.2, 0) is 9.53 Å². The van der Waals surface area contributed by atoms with E-state index in [1.165, 1.54) is 0 Å². The van der Waals surface area contributed by atoms with Gasteiger partial charge in [0, 0.05) is 6.42 Å². The second kappa shape index (κ2) is 6.90. The number of hydrogen-bond donors (Lipinski definition) is 0. The van der Waals surface area contributed by atoms with Crippen molar-refractivity contribution in [3.63, 3.8) is 0 Å². The molecular formula is C10H6F14O2. The number of rotatable bonds is 5. The van der Waals surface area contributed by atoms with Gasteiger partial charge in [0.25, 0.3) is 0 Å². The second-order valence-corrected chi connectivity index (χ2v) is 4.74. The summed E-state index contributed by atoms with van der Waals surface area (Å²) < 4.78 is 175. The van der Waals surface area contributed by atoms with Crippen LogP contribution in [0.15, 0.2) is 0 Å². The SMILES string of the molecule is O=C(CC(F)(C(F)(F)F)C(F)(F)F)OCCC(F)(C(F)(F)F)C(F)(F)F. The van der Waals surface area contributed by atoms with Crippen LogP contribution < -0.4 is 0 Å². The summed E-state index contributed by atoms with van der Waals surface area (Å²) in [5, 5.41) is 0. The molecule has 0 aliphatic carbocycles.